The van der Waals surface area contributed by atoms with Gasteiger partial charge in [0.2, 0.25) is 0 Å². The summed E-state index contributed by atoms with van der Waals surface area (Å²) < 4.78 is 1.84. The van der Waals surface area contributed by atoms with Crippen LogP contribution < -0.4 is 0 Å². The van der Waals surface area contributed by atoms with Crippen LogP contribution in [0.3, 0.4) is 0 Å². The number of carbonyl (C=O) groups is 1. The molecule has 0 unspecified atom stereocenters. The Hall–Kier alpha value is -1.32. The number of aromatic carboxylic acids is 1. The van der Waals surface area contributed by atoms with Crippen molar-refractivity contribution in [3.8, 4) is 0 Å². The number of rotatable bonds is 3. The van der Waals surface area contributed by atoms with Crippen molar-refractivity contribution in [2.45, 2.75) is 26.7 Å². The van der Waals surface area contributed by atoms with E-state index in [1.807, 2.05) is 25.5 Å². The number of hydrogen-bond donors (Lipinski definition) is 1. The zero-order valence-corrected chi connectivity index (χ0v) is 8.16. The maximum Gasteiger partial charge on any atom is 0.356 e. The Morgan fingerprint density at radius 2 is 2.23 bits per heavy atom. The molecule has 4 heteroatoms. The largest absolute Gasteiger partial charge is 0.476 e. The summed E-state index contributed by atoms with van der Waals surface area (Å²) in [5.41, 5.74) is 1.01. The van der Waals surface area contributed by atoms with Gasteiger partial charge in [-0.15, -0.1) is 0 Å². The monoisotopic (exact) mass is 182 g/mol. The molecule has 0 aromatic carbocycles. The first-order chi connectivity index (χ1) is 6.07. The maximum atomic E-state index is 10.8. The number of hydrogen-bond acceptors (Lipinski definition) is 2. The Bertz CT molecular complexity index is 329. The molecule has 0 saturated heterocycles. The van der Waals surface area contributed by atoms with Gasteiger partial charge in [0.25, 0.3) is 0 Å². The number of nitrogens with zero attached hydrogens (tertiary/aromatic N) is 2. The molecule has 0 spiro atoms. The molecule has 4 nitrogen and oxygen atoms in total. The third-order valence-corrected chi connectivity index (χ3v) is 2.13. The second-order valence-electron chi connectivity index (χ2n) is 3.07. The van der Waals surface area contributed by atoms with Gasteiger partial charge in [0.05, 0.1) is 5.69 Å². The predicted molar refractivity (Wildman–Crippen MR) is 48.9 cm³/mol. The molecular weight excluding hydrogens is 168 g/mol. The molecule has 1 rings (SSSR count). The lowest BCUT2D eigenvalue weighted by molar-refractivity contribution is 0.0689. The van der Waals surface area contributed by atoms with Crippen LogP contribution in [-0.2, 0) is 13.5 Å². The Balaban J connectivity index is 3.18. The highest BCUT2D eigenvalue weighted by molar-refractivity contribution is 5.86. The van der Waals surface area contributed by atoms with E-state index in [2.05, 4.69) is 4.98 Å². The van der Waals surface area contributed by atoms with Gasteiger partial charge in [0.15, 0.2) is 5.69 Å². The molecule has 1 aromatic heterocycles. The minimum atomic E-state index is -0.938. The van der Waals surface area contributed by atoms with E-state index in [1.54, 1.807) is 0 Å². The lowest BCUT2D eigenvalue weighted by Gasteiger charge is -2.01. The quantitative estimate of drug-likeness (QED) is 0.768. The predicted octanol–water partition coefficient (Wildman–Crippen LogP) is 1.38. The van der Waals surface area contributed by atoms with Gasteiger partial charge < -0.3 is 9.67 Å². The van der Waals surface area contributed by atoms with Crippen LogP contribution in [-0.4, -0.2) is 20.6 Å². The van der Waals surface area contributed by atoms with Crippen molar-refractivity contribution < 1.29 is 9.90 Å². The van der Waals surface area contributed by atoms with Crippen molar-refractivity contribution in [3.05, 3.63) is 17.2 Å². The summed E-state index contributed by atoms with van der Waals surface area (Å²) in [6.45, 7) is 3.83. The van der Waals surface area contributed by atoms with Crippen LogP contribution in [0.2, 0.25) is 0 Å². The first-order valence-corrected chi connectivity index (χ1v) is 4.33. The minimum absolute atomic E-state index is 0.196. The highest BCUT2D eigenvalue weighted by Gasteiger charge is 2.16. The third kappa shape index (κ3) is 1.71. The molecule has 0 aliphatic rings. The summed E-state index contributed by atoms with van der Waals surface area (Å²) in [5, 5.41) is 8.85. The molecule has 13 heavy (non-hydrogen) atoms. The Labute approximate surface area is 77.2 Å². The van der Waals surface area contributed by atoms with Crippen LogP contribution in [0.4, 0.5) is 0 Å². The SMILES string of the molecule is CCCc1c(C(=O)O)nc(C)n1C. The van der Waals surface area contributed by atoms with Crippen molar-refractivity contribution in [1.82, 2.24) is 9.55 Å². The molecule has 0 aliphatic heterocycles. The van der Waals surface area contributed by atoms with Crippen molar-refractivity contribution in [2.75, 3.05) is 0 Å². The van der Waals surface area contributed by atoms with Gasteiger partial charge in [-0.05, 0) is 13.3 Å². The first kappa shape index (κ1) is 9.77. The smallest absolute Gasteiger partial charge is 0.356 e. The fraction of sp³-hybridized carbons (Fsp3) is 0.556. The van der Waals surface area contributed by atoms with Crippen LogP contribution in [0.25, 0.3) is 0 Å². The first-order valence-electron chi connectivity index (χ1n) is 4.33. The summed E-state index contributed by atoms with van der Waals surface area (Å²) >= 11 is 0. The lowest BCUT2D eigenvalue weighted by Crippen LogP contribution is -2.04. The Kier molecular flexibility index (Phi) is 2.70. The second kappa shape index (κ2) is 3.60. The van der Waals surface area contributed by atoms with Crippen molar-refractivity contribution >= 4 is 5.97 Å². The fourth-order valence-corrected chi connectivity index (χ4v) is 1.35. The number of imidazole rings is 1. The van der Waals surface area contributed by atoms with Gasteiger partial charge in [0.1, 0.15) is 5.82 Å². The molecule has 0 fully saturated rings. The van der Waals surface area contributed by atoms with Crippen LogP contribution in [0.5, 0.6) is 0 Å². The van der Waals surface area contributed by atoms with Crippen molar-refractivity contribution in [3.63, 3.8) is 0 Å². The molecule has 0 atom stereocenters. The highest BCUT2D eigenvalue weighted by atomic mass is 16.4. The maximum absolute atomic E-state index is 10.8. The van der Waals surface area contributed by atoms with E-state index in [-0.39, 0.29) is 5.69 Å². The highest BCUT2D eigenvalue weighted by Crippen LogP contribution is 2.11. The van der Waals surface area contributed by atoms with E-state index in [0.717, 1.165) is 24.4 Å². The van der Waals surface area contributed by atoms with E-state index in [0.29, 0.717) is 0 Å². The minimum Gasteiger partial charge on any atom is -0.476 e. The van der Waals surface area contributed by atoms with Gasteiger partial charge >= 0.3 is 5.97 Å². The molecule has 0 bridgehead atoms. The summed E-state index contributed by atoms with van der Waals surface area (Å²) in [7, 11) is 1.85. The van der Waals surface area contributed by atoms with Gasteiger partial charge in [0, 0.05) is 7.05 Å². The fourth-order valence-electron chi connectivity index (χ4n) is 1.35. The molecule has 1 heterocycles. The summed E-state index contributed by atoms with van der Waals surface area (Å²) in [4.78, 5) is 14.8. The van der Waals surface area contributed by atoms with Crippen molar-refractivity contribution in [1.29, 1.82) is 0 Å². The Morgan fingerprint density at radius 3 is 2.69 bits per heavy atom. The van der Waals surface area contributed by atoms with E-state index in [9.17, 15) is 4.79 Å². The number of aryl methyl sites for hydroxylation is 1. The molecule has 1 aromatic rings. The topological polar surface area (TPSA) is 55.1 Å². The standard InChI is InChI=1S/C9H14N2O2/c1-4-5-7-8(9(12)13)10-6(2)11(7)3/h4-5H2,1-3H3,(H,12,13). The molecule has 1 N–H and O–H groups in total. The van der Waals surface area contributed by atoms with Gasteiger partial charge in [-0.3, -0.25) is 0 Å². The molecule has 0 aliphatic carbocycles. The zero-order valence-electron chi connectivity index (χ0n) is 8.16. The van der Waals surface area contributed by atoms with Gasteiger partial charge in [-0.2, -0.15) is 0 Å². The van der Waals surface area contributed by atoms with Crippen LogP contribution in [0, 0.1) is 6.92 Å². The van der Waals surface area contributed by atoms with Gasteiger partial charge in [-0.25, -0.2) is 9.78 Å². The summed E-state index contributed by atoms with van der Waals surface area (Å²) in [6, 6.07) is 0. The Morgan fingerprint density at radius 1 is 1.62 bits per heavy atom. The molecule has 0 radical (unpaired) electrons. The summed E-state index contributed by atoms with van der Waals surface area (Å²) in [6.07, 6.45) is 1.69. The summed E-state index contributed by atoms with van der Waals surface area (Å²) in [5.74, 6) is -0.187. The number of carboxylic acids is 1. The van der Waals surface area contributed by atoms with E-state index >= 15 is 0 Å². The van der Waals surface area contributed by atoms with E-state index in [4.69, 9.17) is 5.11 Å². The molecule has 72 valence electrons. The van der Waals surface area contributed by atoms with Crippen molar-refractivity contribution in [2.24, 2.45) is 7.05 Å². The third-order valence-electron chi connectivity index (χ3n) is 2.13. The van der Waals surface area contributed by atoms with Crippen LogP contribution >= 0.6 is 0 Å². The average molecular weight is 182 g/mol. The second-order valence-corrected chi connectivity index (χ2v) is 3.07. The lowest BCUT2D eigenvalue weighted by atomic mass is 10.2. The van der Waals surface area contributed by atoms with Crippen LogP contribution in [0.1, 0.15) is 35.4 Å². The normalized spacial score (nSPS) is 10.4. The molecule has 0 saturated carbocycles. The van der Waals surface area contributed by atoms with E-state index in [1.165, 1.54) is 0 Å². The van der Waals surface area contributed by atoms with Gasteiger partial charge in [-0.1, -0.05) is 13.3 Å². The number of carboxylic acid groups (broad SMARTS) is 1. The van der Waals surface area contributed by atoms with E-state index < -0.39 is 5.97 Å². The molecular formula is C9H14N2O2. The average Bonchev–Trinajstić information content (AvgIpc) is 2.33. The zero-order chi connectivity index (χ0) is 10.0. The molecule has 0 amide bonds. The van der Waals surface area contributed by atoms with Crippen LogP contribution in [0.15, 0.2) is 0 Å². The number of aromatic nitrogens is 2.